The third-order valence-electron chi connectivity index (χ3n) is 10.5. The number of nitrogens with one attached hydrogen (secondary N) is 7. The highest BCUT2D eigenvalue weighted by molar-refractivity contribution is 5.96. The molecule has 0 aliphatic heterocycles. The second kappa shape index (κ2) is 22.2. The molecular formula is C45H57N9O8. The van der Waals surface area contributed by atoms with Gasteiger partial charge in [0.25, 0.3) is 0 Å². The smallest absolute Gasteiger partial charge is 0.326 e. The Hall–Kier alpha value is -6.72. The lowest BCUT2D eigenvalue weighted by atomic mass is 10.0. The highest BCUT2D eigenvalue weighted by Crippen LogP contribution is 2.21. The number of aromatic nitrogens is 2. The van der Waals surface area contributed by atoms with Gasteiger partial charge >= 0.3 is 5.97 Å². The Morgan fingerprint density at radius 1 is 0.645 bits per heavy atom. The first kappa shape index (κ1) is 46.3. The van der Waals surface area contributed by atoms with Crippen molar-refractivity contribution in [1.29, 1.82) is 0 Å². The van der Waals surface area contributed by atoms with Gasteiger partial charge in [-0.25, -0.2) is 4.79 Å². The van der Waals surface area contributed by atoms with Crippen molar-refractivity contribution in [3.05, 3.63) is 102 Å². The van der Waals surface area contributed by atoms with Gasteiger partial charge in [-0.3, -0.25) is 24.0 Å². The number of carboxylic acids is 1. The summed E-state index contributed by atoms with van der Waals surface area (Å²) in [5.41, 5.74) is 15.5. The average Bonchev–Trinajstić information content (AvgIpc) is 3.86. The van der Waals surface area contributed by atoms with E-state index < -0.39 is 72.3 Å². The standard InChI is InChI=1S/C45H57N9O8/c1-26(2)19-39(45(61)62)54-43(59)37(21-28-23-48-34-12-5-3-9-31(28)34)51-40(56)25-50-42(58)36(20-27-14-16-30(55)17-15-27)53-44(60)38(52-41(57)33(47)11-7-8-18-46)22-29-24-49-35-13-6-4-10-32(29)35/h3-6,9-10,12-17,23-24,26,33,36-39,48-49,55H,7-8,11,18-22,25,46-47H2,1-2H3,(H,50,58)(H,51,56)(H,52,57)(H,53,60)(H,54,59)(H,61,62)/t33-,36-,37-,38-,39-/m0/s1. The Bertz CT molecular complexity index is 2320. The molecule has 5 amide bonds. The number of nitrogens with two attached hydrogens (primary N) is 2. The van der Waals surface area contributed by atoms with Crippen molar-refractivity contribution in [1.82, 2.24) is 36.6 Å². The van der Waals surface area contributed by atoms with Gasteiger partial charge in [0.2, 0.25) is 29.5 Å². The first-order chi connectivity index (χ1) is 29.7. The summed E-state index contributed by atoms with van der Waals surface area (Å²) in [6.45, 7) is 3.49. The average molecular weight is 852 g/mol. The number of carbonyl (C=O) groups is 6. The van der Waals surface area contributed by atoms with E-state index in [0.717, 1.165) is 27.4 Å². The monoisotopic (exact) mass is 851 g/mol. The molecule has 17 heteroatoms. The number of unbranched alkanes of at least 4 members (excludes halogenated alkanes) is 1. The Morgan fingerprint density at radius 3 is 1.71 bits per heavy atom. The van der Waals surface area contributed by atoms with E-state index in [2.05, 4.69) is 36.6 Å². The Labute approximate surface area is 359 Å². The van der Waals surface area contributed by atoms with Gasteiger partial charge in [-0.2, -0.15) is 0 Å². The van der Waals surface area contributed by atoms with E-state index in [1.165, 1.54) is 12.1 Å². The molecule has 13 N–H and O–H groups in total. The largest absolute Gasteiger partial charge is 0.508 e. The molecule has 17 nitrogen and oxygen atoms in total. The number of rotatable bonds is 23. The number of H-pyrrole nitrogens is 2. The van der Waals surface area contributed by atoms with Crippen LogP contribution in [-0.4, -0.2) is 99.0 Å². The van der Waals surface area contributed by atoms with E-state index in [-0.39, 0.29) is 37.4 Å². The van der Waals surface area contributed by atoms with E-state index >= 15 is 0 Å². The van der Waals surface area contributed by atoms with Crippen molar-refractivity contribution < 1.29 is 39.0 Å². The summed E-state index contributed by atoms with van der Waals surface area (Å²) in [4.78, 5) is 87.1. The molecule has 5 aromatic rings. The minimum Gasteiger partial charge on any atom is -0.508 e. The molecule has 0 aliphatic rings. The quantitative estimate of drug-likeness (QED) is 0.0425. The van der Waals surface area contributed by atoms with Crippen LogP contribution in [-0.2, 0) is 48.0 Å². The van der Waals surface area contributed by atoms with Crippen LogP contribution < -0.4 is 38.1 Å². The number of phenolic OH excluding ortho intramolecular Hbond substituents is 1. The Morgan fingerprint density at radius 2 is 1.16 bits per heavy atom. The van der Waals surface area contributed by atoms with Gasteiger partial charge in [-0.1, -0.05) is 68.8 Å². The molecule has 62 heavy (non-hydrogen) atoms. The van der Waals surface area contributed by atoms with Crippen LogP contribution >= 0.6 is 0 Å². The minimum absolute atomic E-state index is 0.00327. The second-order valence-corrected chi connectivity index (χ2v) is 15.9. The summed E-state index contributed by atoms with van der Waals surface area (Å²) in [5.74, 6) is -4.74. The van der Waals surface area contributed by atoms with E-state index in [0.29, 0.717) is 36.9 Å². The first-order valence-corrected chi connectivity index (χ1v) is 20.8. The van der Waals surface area contributed by atoms with Crippen molar-refractivity contribution in [2.45, 2.75) is 89.0 Å². The van der Waals surface area contributed by atoms with Crippen molar-refractivity contribution >= 4 is 57.3 Å². The third-order valence-corrected chi connectivity index (χ3v) is 10.5. The van der Waals surface area contributed by atoms with Crippen LogP contribution in [0.3, 0.4) is 0 Å². The lowest BCUT2D eigenvalue weighted by Crippen LogP contribution is -2.58. The fourth-order valence-corrected chi connectivity index (χ4v) is 7.23. The topological polar surface area (TPSA) is 287 Å². The second-order valence-electron chi connectivity index (χ2n) is 15.9. The van der Waals surface area contributed by atoms with Gasteiger partial charge in [-0.05, 0) is 72.7 Å². The lowest BCUT2D eigenvalue weighted by Gasteiger charge is -2.25. The first-order valence-electron chi connectivity index (χ1n) is 20.8. The molecule has 0 aliphatic carbocycles. The van der Waals surface area contributed by atoms with E-state index in [9.17, 15) is 39.0 Å². The van der Waals surface area contributed by atoms with Crippen LogP contribution in [0.5, 0.6) is 5.75 Å². The van der Waals surface area contributed by atoms with Crippen LogP contribution in [0.1, 0.15) is 56.2 Å². The van der Waals surface area contributed by atoms with Crippen LogP contribution in [0.15, 0.2) is 85.2 Å². The summed E-state index contributed by atoms with van der Waals surface area (Å²) in [5, 5.41) is 34.7. The van der Waals surface area contributed by atoms with Gasteiger partial charge in [0.05, 0.1) is 12.6 Å². The van der Waals surface area contributed by atoms with Crippen molar-refractivity contribution in [2.75, 3.05) is 13.1 Å². The van der Waals surface area contributed by atoms with Crippen molar-refractivity contribution in [3.8, 4) is 5.75 Å². The number of aromatic hydroxyl groups is 1. The molecule has 0 saturated heterocycles. The van der Waals surface area contributed by atoms with Crippen LogP contribution in [0.4, 0.5) is 0 Å². The zero-order valence-corrected chi connectivity index (χ0v) is 34.9. The van der Waals surface area contributed by atoms with Crippen LogP contribution in [0.2, 0.25) is 0 Å². The van der Waals surface area contributed by atoms with Crippen molar-refractivity contribution in [3.63, 3.8) is 0 Å². The predicted octanol–water partition coefficient (Wildman–Crippen LogP) is 2.03. The molecule has 0 fully saturated rings. The van der Waals surface area contributed by atoms with E-state index in [4.69, 9.17) is 11.5 Å². The fourth-order valence-electron chi connectivity index (χ4n) is 7.23. The van der Waals surface area contributed by atoms with Gasteiger partial charge < -0.3 is 58.2 Å². The molecule has 2 heterocycles. The highest BCUT2D eigenvalue weighted by Gasteiger charge is 2.31. The summed E-state index contributed by atoms with van der Waals surface area (Å²) >= 11 is 0. The number of aliphatic carboxylic acids is 1. The van der Waals surface area contributed by atoms with Gasteiger partial charge in [0.1, 0.15) is 29.9 Å². The van der Waals surface area contributed by atoms with E-state index in [1.54, 1.807) is 24.5 Å². The maximum atomic E-state index is 14.2. The molecule has 0 bridgehead atoms. The normalized spacial score (nSPS) is 13.8. The Balaban J connectivity index is 1.34. The molecule has 0 unspecified atom stereocenters. The minimum atomic E-state index is -1.28. The van der Waals surface area contributed by atoms with Crippen LogP contribution in [0, 0.1) is 5.92 Å². The molecule has 3 aromatic carbocycles. The molecule has 5 rings (SSSR count). The fraction of sp³-hybridized carbons (Fsp3) is 0.378. The number of benzene rings is 3. The predicted molar refractivity (Wildman–Crippen MR) is 235 cm³/mol. The SMILES string of the molecule is CC(C)C[C@H](NC(=O)[C@H](Cc1c[nH]c2ccccc12)NC(=O)CNC(=O)[C@H](Cc1ccc(O)cc1)NC(=O)[C@H](Cc1c[nH]c2ccccc12)NC(=O)[C@@H](N)CCCCN)C(=O)O. The zero-order chi connectivity index (χ0) is 44.8. The highest BCUT2D eigenvalue weighted by atomic mass is 16.4. The molecule has 330 valence electrons. The number of carboxylic acid groups (broad SMARTS) is 1. The number of amides is 5. The van der Waals surface area contributed by atoms with Crippen LogP contribution in [0.25, 0.3) is 21.8 Å². The Kier molecular flexibility index (Phi) is 16.6. The lowest BCUT2D eigenvalue weighted by molar-refractivity contribution is -0.142. The van der Waals surface area contributed by atoms with E-state index in [1.807, 2.05) is 62.4 Å². The summed E-state index contributed by atoms with van der Waals surface area (Å²) in [7, 11) is 0. The number of hydrogen-bond acceptors (Lipinski definition) is 9. The van der Waals surface area contributed by atoms with Gasteiger partial charge in [-0.15, -0.1) is 0 Å². The molecule has 2 aromatic heterocycles. The molecule has 5 atom stereocenters. The number of fused-ring (bicyclic) bond motifs is 2. The van der Waals surface area contributed by atoms with Gasteiger partial charge in [0, 0.05) is 53.5 Å². The number of hydrogen-bond donors (Lipinski definition) is 11. The van der Waals surface area contributed by atoms with Crippen molar-refractivity contribution in [2.24, 2.45) is 17.4 Å². The molecule has 0 saturated carbocycles. The number of aromatic amines is 2. The maximum Gasteiger partial charge on any atom is 0.326 e. The molecule has 0 spiro atoms. The third kappa shape index (κ3) is 13.1. The number of para-hydroxylation sites is 2. The summed E-state index contributed by atoms with van der Waals surface area (Å²) in [6, 6.07) is 15.1. The number of phenols is 1. The summed E-state index contributed by atoms with van der Waals surface area (Å²) < 4.78 is 0. The zero-order valence-electron chi connectivity index (χ0n) is 34.9. The van der Waals surface area contributed by atoms with Gasteiger partial charge in [0.15, 0.2) is 0 Å². The molecule has 0 radical (unpaired) electrons. The summed E-state index contributed by atoms with van der Waals surface area (Å²) in [6.07, 6.45) is 5.24. The molecular weight excluding hydrogens is 795 g/mol. The maximum absolute atomic E-state index is 14.2. The number of carbonyl (C=O) groups excluding carboxylic acids is 5.